The molecule has 0 saturated carbocycles. The number of carbonyl (C=O) groups excluding carboxylic acids is 2. The van der Waals surface area contributed by atoms with Crippen molar-refractivity contribution in [3.63, 3.8) is 0 Å². The summed E-state index contributed by atoms with van der Waals surface area (Å²) in [7, 11) is 0. The van der Waals surface area contributed by atoms with Gasteiger partial charge in [-0.25, -0.2) is 4.79 Å². The molecule has 1 aliphatic heterocycles. The Hall–Kier alpha value is -2.82. The van der Waals surface area contributed by atoms with Crippen LogP contribution in [0.1, 0.15) is 63.1 Å². The van der Waals surface area contributed by atoms with Crippen molar-refractivity contribution in [3.05, 3.63) is 65.7 Å². The minimum atomic E-state index is -0.183. The van der Waals surface area contributed by atoms with Crippen molar-refractivity contribution in [2.75, 3.05) is 25.0 Å². The van der Waals surface area contributed by atoms with Crippen molar-refractivity contribution in [3.8, 4) is 0 Å². The highest BCUT2D eigenvalue weighted by Gasteiger charge is 2.24. The van der Waals surface area contributed by atoms with E-state index in [4.69, 9.17) is 0 Å². The molecule has 160 valence electrons. The molecule has 0 bridgehead atoms. The second-order valence-corrected chi connectivity index (χ2v) is 8.32. The van der Waals surface area contributed by atoms with Crippen LogP contribution in [0.4, 0.5) is 10.5 Å². The molecule has 2 aromatic carbocycles. The van der Waals surface area contributed by atoms with Crippen LogP contribution in [0.5, 0.6) is 0 Å². The van der Waals surface area contributed by atoms with Gasteiger partial charge in [-0.1, -0.05) is 56.3 Å². The minimum absolute atomic E-state index is 0.131. The summed E-state index contributed by atoms with van der Waals surface area (Å²) < 4.78 is 0. The van der Waals surface area contributed by atoms with Crippen molar-refractivity contribution in [2.45, 2.75) is 52.0 Å². The van der Waals surface area contributed by atoms with Crippen LogP contribution >= 0.6 is 0 Å². The second kappa shape index (κ2) is 10.3. The average molecular weight is 408 g/mol. The lowest BCUT2D eigenvalue weighted by molar-refractivity contribution is -0.130. The molecule has 1 heterocycles. The number of rotatable bonds is 7. The number of amides is 3. The van der Waals surface area contributed by atoms with E-state index < -0.39 is 0 Å². The molecule has 2 aromatic rings. The zero-order valence-electron chi connectivity index (χ0n) is 18.3. The molecule has 1 fully saturated rings. The van der Waals surface area contributed by atoms with Crippen LogP contribution in [-0.4, -0.2) is 41.4 Å². The minimum Gasteiger partial charge on any atom is -0.343 e. The predicted molar refractivity (Wildman–Crippen MR) is 122 cm³/mol. The molecule has 0 aliphatic carbocycles. The third kappa shape index (κ3) is 5.62. The summed E-state index contributed by atoms with van der Waals surface area (Å²) in [5.41, 5.74) is 3.05. The van der Waals surface area contributed by atoms with E-state index in [1.807, 2.05) is 66.4 Å². The first-order chi connectivity index (χ1) is 14.5. The van der Waals surface area contributed by atoms with Crippen molar-refractivity contribution in [2.24, 2.45) is 0 Å². The van der Waals surface area contributed by atoms with E-state index >= 15 is 0 Å². The van der Waals surface area contributed by atoms with Crippen LogP contribution in [0.3, 0.4) is 0 Å². The summed E-state index contributed by atoms with van der Waals surface area (Å²) in [6.07, 6.45) is 2.49. The number of anilines is 1. The zero-order valence-corrected chi connectivity index (χ0v) is 18.3. The Morgan fingerprint density at radius 1 is 0.933 bits per heavy atom. The van der Waals surface area contributed by atoms with Crippen LogP contribution in [0.15, 0.2) is 54.6 Å². The summed E-state index contributed by atoms with van der Waals surface area (Å²) in [6.45, 7) is 8.36. The number of carbonyl (C=O) groups is 2. The molecule has 1 unspecified atom stereocenters. The predicted octanol–water partition coefficient (Wildman–Crippen LogP) is 5.42. The molecule has 1 aliphatic rings. The Morgan fingerprint density at radius 3 is 2.17 bits per heavy atom. The fourth-order valence-corrected chi connectivity index (χ4v) is 3.87. The van der Waals surface area contributed by atoms with E-state index in [9.17, 15) is 9.59 Å². The summed E-state index contributed by atoms with van der Waals surface area (Å²) >= 11 is 0. The SMILES string of the molecule is CC(C)c1ccc(NC(=O)N(CCC(=O)N2CCCC2)C(C)c2ccccc2)cc1. The average Bonchev–Trinajstić information content (AvgIpc) is 3.29. The second-order valence-electron chi connectivity index (χ2n) is 8.32. The summed E-state index contributed by atoms with van der Waals surface area (Å²) in [5, 5.41) is 3.01. The quantitative estimate of drug-likeness (QED) is 0.666. The molecule has 0 spiro atoms. The van der Waals surface area contributed by atoms with Gasteiger partial charge in [-0.2, -0.15) is 0 Å². The number of hydrogen-bond donors (Lipinski definition) is 1. The third-order valence-corrected chi connectivity index (χ3v) is 5.86. The molecule has 3 rings (SSSR count). The molecule has 1 N–H and O–H groups in total. The van der Waals surface area contributed by atoms with Gasteiger partial charge in [0.25, 0.3) is 0 Å². The molecule has 30 heavy (non-hydrogen) atoms. The summed E-state index contributed by atoms with van der Waals surface area (Å²) in [4.78, 5) is 29.4. The first-order valence-electron chi connectivity index (χ1n) is 11.0. The van der Waals surface area contributed by atoms with E-state index in [0.29, 0.717) is 18.9 Å². The Labute approximate surface area is 180 Å². The third-order valence-electron chi connectivity index (χ3n) is 5.86. The van der Waals surface area contributed by atoms with Crippen molar-refractivity contribution in [1.29, 1.82) is 0 Å². The first kappa shape index (κ1) is 21.9. The number of likely N-dealkylation sites (tertiary alicyclic amines) is 1. The van der Waals surface area contributed by atoms with Gasteiger partial charge in [0.2, 0.25) is 5.91 Å². The standard InChI is InChI=1S/C25H33N3O2/c1-19(2)21-11-13-23(14-12-21)26-25(30)28(20(3)22-9-5-4-6-10-22)18-15-24(29)27-16-7-8-17-27/h4-6,9-14,19-20H,7-8,15-18H2,1-3H3,(H,26,30). The largest absolute Gasteiger partial charge is 0.343 e. The zero-order chi connectivity index (χ0) is 21.5. The Balaban J connectivity index is 1.71. The highest BCUT2D eigenvalue weighted by Crippen LogP contribution is 2.23. The maximum absolute atomic E-state index is 13.2. The molecule has 1 atom stereocenters. The van der Waals surface area contributed by atoms with E-state index in [0.717, 1.165) is 37.2 Å². The van der Waals surface area contributed by atoms with Crippen molar-refractivity contribution in [1.82, 2.24) is 9.80 Å². The Kier molecular flexibility index (Phi) is 7.50. The number of nitrogens with zero attached hydrogens (tertiary/aromatic N) is 2. The van der Waals surface area contributed by atoms with Gasteiger partial charge in [0.1, 0.15) is 0 Å². The molecular formula is C25H33N3O2. The van der Waals surface area contributed by atoms with Crippen molar-refractivity contribution < 1.29 is 9.59 Å². The van der Waals surface area contributed by atoms with Gasteiger partial charge >= 0.3 is 6.03 Å². The molecule has 0 aromatic heterocycles. The lowest BCUT2D eigenvalue weighted by Crippen LogP contribution is -2.40. The number of benzene rings is 2. The molecule has 0 radical (unpaired) electrons. The fourth-order valence-electron chi connectivity index (χ4n) is 3.87. The van der Waals surface area contributed by atoms with Crippen molar-refractivity contribution >= 4 is 17.6 Å². The Bertz CT molecular complexity index is 827. The molecule has 3 amide bonds. The van der Waals surface area contributed by atoms with Crippen LogP contribution in [0, 0.1) is 0 Å². The van der Waals surface area contributed by atoms with Crippen LogP contribution in [-0.2, 0) is 4.79 Å². The van der Waals surface area contributed by atoms with E-state index in [1.165, 1.54) is 5.56 Å². The summed E-state index contributed by atoms with van der Waals surface area (Å²) in [6, 6.07) is 17.6. The molecule has 1 saturated heterocycles. The molecule has 5 heteroatoms. The summed E-state index contributed by atoms with van der Waals surface area (Å²) in [5.74, 6) is 0.577. The van der Waals surface area contributed by atoms with E-state index in [1.54, 1.807) is 4.90 Å². The fraction of sp³-hybridized carbons (Fsp3) is 0.440. The van der Waals surface area contributed by atoms with Gasteiger partial charge < -0.3 is 15.1 Å². The maximum atomic E-state index is 13.2. The van der Waals surface area contributed by atoms with Gasteiger partial charge in [-0.15, -0.1) is 0 Å². The highest BCUT2D eigenvalue weighted by atomic mass is 16.2. The van der Waals surface area contributed by atoms with E-state index in [-0.39, 0.29) is 18.0 Å². The van der Waals surface area contributed by atoms with Crippen LogP contribution in [0.25, 0.3) is 0 Å². The topological polar surface area (TPSA) is 52.7 Å². The number of nitrogens with one attached hydrogen (secondary N) is 1. The molecular weight excluding hydrogens is 374 g/mol. The lowest BCUT2D eigenvalue weighted by Gasteiger charge is -2.30. The van der Waals surface area contributed by atoms with Gasteiger partial charge in [0.15, 0.2) is 0 Å². The van der Waals surface area contributed by atoms with Crippen LogP contribution in [0.2, 0.25) is 0 Å². The van der Waals surface area contributed by atoms with Gasteiger partial charge in [0.05, 0.1) is 6.04 Å². The number of urea groups is 1. The first-order valence-corrected chi connectivity index (χ1v) is 11.0. The normalized spacial score (nSPS) is 14.6. The smallest absolute Gasteiger partial charge is 0.322 e. The molecule has 5 nitrogen and oxygen atoms in total. The van der Waals surface area contributed by atoms with Gasteiger partial charge in [-0.05, 0) is 48.9 Å². The van der Waals surface area contributed by atoms with E-state index in [2.05, 4.69) is 19.2 Å². The highest BCUT2D eigenvalue weighted by molar-refractivity contribution is 5.90. The number of hydrogen-bond acceptors (Lipinski definition) is 2. The van der Waals surface area contributed by atoms with Gasteiger partial charge in [0, 0.05) is 31.7 Å². The lowest BCUT2D eigenvalue weighted by atomic mass is 10.0. The monoisotopic (exact) mass is 407 g/mol. The van der Waals surface area contributed by atoms with Crippen LogP contribution < -0.4 is 5.32 Å². The van der Waals surface area contributed by atoms with Gasteiger partial charge in [-0.3, -0.25) is 4.79 Å². The maximum Gasteiger partial charge on any atom is 0.322 e. The Morgan fingerprint density at radius 2 is 1.57 bits per heavy atom.